The molecule has 0 radical (unpaired) electrons. The second kappa shape index (κ2) is 20.7. The summed E-state index contributed by atoms with van der Waals surface area (Å²) < 4.78 is 5.52. The topological polar surface area (TPSA) is 32.7 Å². The molecular formula is C23H45NO2. The van der Waals surface area contributed by atoms with Crippen molar-refractivity contribution >= 4 is 0 Å². The number of likely N-dealkylation sites (N-methyl/N-ethyl adjacent to an activating group) is 1. The van der Waals surface area contributed by atoms with E-state index in [-0.39, 0.29) is 6.10 Å². The summed E-state index contributed by atoms with van der Waals surface area (Å²) in [7, 11) is 3.93. The molecule has 1 N–H and O–H groups in total. The first-order chi connectivity index (χ1) is 12.7. The van der Waals surface area contributed by atoms with Crippen LogP contribution in [-0.2, 0) is 4.74 Å². The van der Waals surface area contributed by atoms with Crippen LogP contribution in [0, 0.1) is 0 Å². The molecule has 1 unspecified atom stereocenters. The Hall–Kier alpha value is -0.640. The molecular weight excluding hydrogens is 322 g/mol. The lowest BCUT2D eigenvalue weighted by Crippen LogP contribution is -2.29. The van der Waals surface area contributed by atoms with Gasteiger partial charge in [-0.2, -0.15) is 0 Å². The Balaban J connectivity index is 3.20. The second-order valence-electron chi connectivity index (χ2n) is 7.58. The lowest BCUT2D eigenvalue weighted by molar-refractivity contribution is 0.0229. The maximum absolute atomic E-state index is 9.68. The predicted octanol–water partition coefficient (Wildman–Crippen LogP) is 5.74. The normalized spacial score (nSPS) is 13.4. The van der Waals surface area contributed by atoms with Crippen LogP contribution in [0.25, 0.3) is 0 Å². The van der Waals surface area contributed by atoms with Crippen LogP contribution in [0.2, 0.25) is 0 Å². The molecule has 0 bridgehead atoms. The molecule has 0 aromatic carbocycles. The third kappa shape index (κ3) is 21.4. The van der Waals surface area contributed by atoms with E-state index >= 15 is 0 Å². The Labute approximate surface area is 163 Å². The maximum Gasteiger partial charge on any atom is 0.0899 e. The van der Waals surface area contributed by atoms with E-state index in [0.29, 0.717) is 13.2 Å². The molecule has 0 aromatic heterocycles. The molecule has 0 saturated carbocycles. The summed E-state index contributed by atoms with van der Waals surface area (Å²) >= 11 is 0. The molecule has 0 aliphatic rings. The van der Waals surface area contributed by atoms with Gasteiger partial charge in [0, 0.05) is 13.2 Å². The molecule has 0 saturated heterocycles. The summed E-state index contributed by atoms with van der Waals surface area (Å²) in [6, 6.07) is 0. The maximum atomic E-state index is 9.68. The zero-order chi connectivity index (χ0) is 19.3. The van der Waals surface area contributed by atoms with Crippen molar-refractivity contribution in [1.82, 2.24) is 4.90 Å². The first-order valence-corrected chi connectivity index (χ1v) is 10.9. The Kier molecular flexibility index (Phi) is 20.2. The standard InChI is InChI=1S/C23H45NO2/c1-4-5-6-7-8-9-10-11-12-13-14-15-16-17-18-19-20-26-22-23(25)21-24(2)3/h8-9,11-12,23,25H,4-7,10,13-22H2,1-3H3. The highest BCUT2D eigenvalue weighted by molar-refractivity contribution is 4.92. The van der Waals surface area contributed by atoms with Gasteiger partial charge in [0.05, 0.1) is 12.7 Å². The monoisotopic (exact) mass is 367 g/mol. The van der Waals surface area contributed by atoms with Crippen molar-refractivity contribution in [3.8, 4) is 0 Å². The number of rotatable bonds is 19. The highest BCUT2D eigenvalue weighted by Crippen LogP contribution is 2.08. The molecule has 0 aliphatic heterocycles. The summed E-state index contributed by atoms with van der Waals surface area (Å²) in [6.07, 6.45) is 24.1. The zero-order valence-electron chi connectivity index (χ0n) is 17.8. The average molecular weight is 368 g/mol. The molecule has 3 nitrogen and oxygen atoms in total. The van der Waals surface area contributed by atoms with Gasteiger partial charge in [0.1, 0.15) is 0 Å². The first kappa shape index (κ1) is 25.4. The summed E-state index contributed by atoms with van der Waals surface area (Å²) in [5.74, 6) is 0. The molecule has 0 aromatic rings. The highest BCUT2D eigenvalue weighted by atomic mass is 16.5. The van der Waals surface area contributed by atoms with Crippen LogP contribution in [0.1, 0.15) is 84.0 Å². The quantitative estimate of drug-likeness (QED) is 0.233. The lowest BCUT2D eigenvalue weighted by Gasteiger charge is -2.15. The fraction of sp³-hybridized carbons (Fsp3) is 0.826. The van der Waals surface area contributed by atoms with Crippen molar-refractivity contribution in [2.24, 2.45) is 0 Å². The number of allylic oxidation sites excluding steroid dienone is 4. The predicted molar refractivity (Wildman–Crippen MR) is 115 cm³/mol. The number of hydrogen-bond acceptors (Lipinski definition) is 3. The molecule has 3 heteroatoms. The fourth-order valence-electron chi connectivity index (χ4n) is 2.89. The van der Waals surface area contributed by atoms with Gasteiger partial charge >= 0.3 is 0 Å². The summed E-state index contributed by atoms with van der Waals surface area (Å²) in [6.45, 7) is 4.16. The van der Waals surface area contributed by atoms with Crippen LogP contribution in [0.15, 0.2) is 24.3 Å². The average Bonchev–Trinajstić information content (AvgIpc) is 2.60. The summed E-state index contributed by atoms with van der Waals surface area (Å²) in [5.41, 5.74) is 0. The Morgan fingerprint density at radius 2 is 1.38 bits per heavy atom. The number of aliphatic hydroxyl groups excluding tert-OH is 1. The van der Waals surface area contributed by atoms with Gasteiger partial charge in [-0.05, 0) is 52.6 Å². The third-order valence-electron chi connectivity index (χ3n) is 4.38. The minimum Gasteiger partial charge on any atom is -0.389 e. The number of nitrogens with zero attached hydrogens (tertiary/aromatic N) is 1. The van der Waals surface area contributed by atoms with Crippen molar-refractivity contribution in [2.75, 3.05) is 33.9 Å². The van der Waals surface area contributed by atoms with Crippen LogP contribution in [-0.4, -0.2) is 50.0 Å². The molecule has 0 rings (SSSR count). The molecule has 26 heavy (non-hydrogen) atoms. The van der Waals surface area contributed by atoms with Gasteiger partial charge in [0.15, 0.2) is 0 Å². The van der Waals surface area contributed by atoms with Crippen LogP contribution in [0.4, 0.5) is 0 Å². The second-order valence-corrected chi connectivity index (χ2v) is 7.58. The number of aliphatic hydroxyl groups is 1. The van der Waals surface area contributed by atoms with Gasteiger partial charge in [0.2, 0.25) is 0 Å². The van der Waals surface area contributed by atoms with E-state index < -0.39 is 0 Å². The lowest BCUT2D eigenvalue weighted by atomic mass is 10.1. The molecule has 154 valence electrons. The van der Waals surface area contributed by atoms with Gasteiger partial charge in [-0.15, -0.1) is 0 Å². The number of hydrogen-bond donors (Lipinski definition) is 1. The van der Waals surface area contributed by atoms with Crippen molar-refractivity contribution in [1.29, 1.82) is 0 Å². The largest absolute Gasteiger partial charge is 0.389 e. The Morgan fingerprint density at radius 3 is 2.00 bits per heavy atom. The summed E-state index contributed by atoms with van der Waals surface area (Å²) in [5, 5.41) is 9.68. The van der Waals surface area contributed by atoms with E-state index in [2.05, 4.69) is 31.2 Å². The first-order valence-electron chi connectivity index (χ1n) is 10.9. The number of unbranched alkanes of at least 4 members (excludes halogenated alkanes) is 9. The minimum atomic E-state index is -0.366. The van der Waals surface area contributed by atoms with E-state index in [0.717, 1.165) is 19.4 Å². The highest BCUT2D eigenvalue weighted by Gasteiger charge is 2.04. The molecule has 0 heterocycles. The van der Waals surface area contributed by atoms with Gasteiger partial charge in [-0.25, -0.2) is 0 Å². The van der Waals surface area contributed by atoms with Crippen LogP contribution < -0.4 is 0 Å². The van der Waals surface area contributed by atoms with Crippen molar-refractivity contribution in [3.63, 3.8) is 0 Å². The van der Waals surface area contributed by atoms with Crippen molar-refractivity contribution < 1.29 is 9.84 Å². The van der Waals surface area contributed by atoms with Crippen molar-refractivity contribution in [3.05, 3.63) is 24.3 Å². The smallest absolute Gasteiger partial charge is 0.0899 e. The van der Waals surface area contributed by atoms with Gasteiger partial charge in [-0.1, -0.05) is 69.8 Å². The van der Waals surface area contributed by atoms with Crippen LogP contribution >= 0.6 is 0 Å². The van der Waals surface area contributed by atoms with Gasteiger partial charge in [-0.3, -0.25) is 0 Å². The molecule has 0 aliphatic carbocycles. The zero-order valence-corrected chi connectivity index (χ0v) is 17.8. The van der Waals surface area contributed by atoms with Crippen LogP contribution in [0.5, 0.6) is 0 Å². The van der Waals surface area contributed by atoms with E-state index in [1.165, 1.54) is 64.2 Å². The van der Waals surface area contributed by atoms with E-state index in [1.807, 2.05) is 19.0 Å². The van der Waals surface area contributed by atoms with Crippen molar-refractivity contribution in [2.45, 2.75) is 90.1 Å². The minimum absolute atomic E-state index is 0.366. The van der Waals surface area contributed by atoms with Crippen LogP contribution in [0.3, 0.4) is 0 Å². The summed E-state index contributed by atoms with van der Waals surface area (Å²) in [4.78, 5) is 1.98. The molecule has 0 spiro atoms. The Morgan fingerprint density at radius 1 is 0.808 bits per heavy atom. The molecule has 0 fully saturated rings. The molecule has 0 amide bonds. The number of ether oxygens (including phenoxy) is 1. The van der Waals surface area contributed by atoms with E-state index in [9.17, 15) is 5.11 Å². The van der Waals surface area contributed by atoms with E-state index in [4.69, 9.17) is 4.74 Å². The Bertz CT molecular complexity index is 326. The van der Waals surface area contributed by atoms with E-state index in [1.54, 1.807) is 0 Å². The van der Waals surface area contributed by atoms with Gasteiger partial charge in [0.25, 0.3) is 0 Å². The van der Waals surface area contributed by atoms with Gasteiger partial charge < -0.3 is 14.7 Å². The third-order valence-corrected chi connectivity index (χ3v) is 4.38. The fourth-order valence-corrected chi connectivity index (χ4v) is 2.89. The SMILES string of the molecule is CCCCCC=CCC=CCCCCCCCCOCC(O)CN(C)C. The molecule has 1 atom stereocenters.